The molecule has 6 heteroatoms. The van der Waals surface area contributed by atoms with Crippen LogP contribution in [0.3, 0.4) is 0 Å². The zero-order valence-corrected chi connectivity index (χ0v) is 12.9. The zero-order chi connectivity index (χ0) is 13.7. The van der Waals surface area contributed by atoms with Gasteiger partial charge in [-0.2, -0.15) is 0 Å². The standard InChI is InChI=1S/C12H20ClN3OS/c1-8(2)11-15-10(13)9(3)12(16-11)14-6-5-7-18(4)17/h8H,5-7H2,1-4H3,(H,14,15,16). The summed E-state index contributed by atoms with van der Waals surface area (Å²) in [5.41, 5.74) is 0.860. The summed E-state index contributed by atoms with van der Waals surface area (Å²) in [5, 5.41) is 3.73. The summed E-state index contributed by atoms with van der Waals surface area (Å²) < 4.78 is 11.0. The van der Waals surface area contributed by atoms with Crippen LogP contribution >= 0.6 is 11.6 Å². The van der Waals surface area contributed by atoms with E-state index in [9.17, 15) is 4.21 Å². The molecule has 0 fully saturated rings. The molecule has 0 bridgehead atoms. The minimum atomic E-state index is -0.744. The molecule has 18 heavy (non-hydrogen) atoms. The predicted molar refractivity (Wildman–Crippen MR) is 77.9 cm³/mol. The number of nitrogens with zero attached hydrogens (tertiary/aromatic N) is 2. The Labute approximate surface area is 116 Å². The molecule has 1 aromatic rings. The molecule has 0 aliphatic rings. The maximum Gasteiger partial charge on any atom is 0.137 e. The van der Waals surface area contributed by atoms with Crippen LogP contribution < -0.4 is 5.32 Å². The van der Waals surface area contributed by atoms with Crippen molar-refractivity contribution < 1.29 is 4.21 Å². The molecule has 0 saturated carbocycles. The lowest BCUT2D eigenvalue weighted by Crippen LogP contribution is -2.11. The minimum Gasteiger partial charge on any atom is -0.370 e. The van der Waals surface area contributed by atoms with Gasteiger partial charge in [-0.25, -0.2) is 9.97 Å². The molecule has 1 unspecified atom stereocenters. The number of halogens is 1. The maximum absolute atomic E-state index is 11.0. The molecule has 0 spiro atoms. The molecule has 1 aromatic heterocycles. The van der Waals surface area contributed by atoms with Crippen LogP contribution in [0.4, 0.5) is 5.82 Å². The van der Waals surface area contributed by atoms with E-state index in [1.807, 2.05) is 20.8 Å². The second-order valence-electron chi connectivity index (χ2n) is 4.56. The largest absolute Gasteiger partial charge is 0.370 e. The predicted octanol–water partition coefficient (Wildman–Crippen LogP) is 2.74. The molecule has 0 aliphatic carbocycles. The van der Waals surface area contributed by atoms with E-state index < -0.39 is 10.8 Å². The van der Waals surface area contributed by atoms with Crippen molar-refractivity contribution in [3.05, 3.63) is 16.5 Å². The fourth-order valence-electron chi connectivity index (χ4n) is 1.42. The zero-order valence-electron chi connectivity index (χ0n) is 11.3. The third-order valence-corrected chi connectivity index (χ3v) is 3.75. The fraction of sp³-hybridized carbons (Fsp3) is 0.667. The first-order valence-electron chi connectivity index (χ1n) is 5.99. The molecule has 102 valence electrons. The second kappa shape index (κ2) is 7.04. The number of hydrogen-bond donors (Lipinski definition) is 1. The Balaban J connectivity index is 2.72. The summed E-state index contributed by atoms with van der Waals surface area (Å²) in [7, 11) is -0.744. The number of nitrogens with one attached hydrogen (secondary N) is 1. The van der Waals surface area contributed by atoms with Crippen LogP contribution in [-0.2, 0) is 10.8 Å². The highest BCUT2D eigenvalue weighted by atomic mass is 35.5. The molecular formula is C12H20ClN3OS. The van der Waals surface area contributed by atoms with Crippen LogP contribution in [0.1, 0.15) is 37.6 Å². The van der Waals surface area contributed by atoms with Crippen molar-refractivity contribution in [2.45, 2.75) is 33.1 Å². The van der Waals surface area contributed by atoms with Crippen molar-refractivity contribution in [2.75, 3.05) is 23.9 Å². The average molecular weight is 290 g/mol. The third kappa shape index (κ3) is 4.53. The lowest BCUT2D eigenvalue weighted by Gasteiger charge is -2.12. The first kappa shape index (κ1) is 15.4. The summed E-state index contributed by atoms with van der Waals surface area (Å²) in [6.07, 6.45) is 2.56. The molecule has 0 amide bonds. The summed E-state index contributed by atoms with van der Waals surface area (Å²) in [6.45, 7) is 6.70. The van der Waals surface area contributed by atoms with E-state index in [0.717, 1.165) is 30.2 Å². The molecule has 1 atom stereocenters. The van der Waals surface area contributed by atoms with E-state index in [1.165, 1.54) is 0 Å². The van der Waals surface area contributed by atoms with E-state index in [-0.39, 0.29) is 5.92 Å². The molecule has 0 aromatic carbocycles. The molecule has 0 aliphatic heterocycles. The van der Waals surface area contributed by atoms with E-state index in [2.05, 4.69) is 15.3 Å². The van der Waals surface area contributed by atoms with Crippen LogP contribution in [0.5, 0.6) is 0 Å². The van der Waals surface area contributed by atoms with Crippen LogP contribution in [-0.4, -0.2) is 32.7 Å². The number of hydrogen-bond acceptors (Lipinski definition) is 4. The SMILES string of the molecule is Cc1c(Cl)nc(C(C)C)nc1NCCCS(C)=O. The van der Waals surface area contributed by atoms with Gasteiger partial charge < -0.3 is 5.32 Å². The number of rotatable bonds is 6. The Bertz CT molecular complexity index is 438. The Hall–Kier alpha value is -0.680. The molecule has 1 rings (SSSR count). The van der Waals surface area contributed by atoms with Gasteiger partial charge in [-0.15, -0.1) is 0 Å². The van der Waals surface area contributed by atoms with Gasteiger partial charge in [-0.1, -0.05) is 25.4 Å². The van der Waals surface area contributed by atoms with E-state index in [1.54, 1.807) is 6.26 Å². The van der Waals surface area contributed by atoms with Gasteiger partial charge in [0.05, 0.1) is 0 Å². The first-order valence-corrected chi connectivity index (χ1v) is 8.10. The van der Waals surface area contributed by atoms with Gasteiger partial charge in [0.2, 0.25) is 0 Å². The summed E-state index contributed by atoms with van der Waals surface area (Å²) in [4.78, 5) is 8.72. The molecule has 0 radical (unpaired) electrons. The van der Waals surface area contributed by atoms with Gasteiger partial charge in [0.1, 0.15) is 16.8 Å². The van der Waals surface area contributed by atoms with Crippen molar-refractivity contribution in [2.24, 2.45) is 0 Å². The van der Waals surface area contributed by atoms with Gasteiger partial charge in [0.15, 0.2) is 0 Å². The second-order valence-corrected chi connectivity index (χ2v) is 6.47. The Morgan fingerprint density at radius 2 is 2.06 bits per heavy atom. The summed E-state index contributed by atoms with van der Waals surface area (Å²) in [6, 6.07) is 0. The maximum atomic E-state index is 11.0. The molecule has 0 saturated heterocycles. The number of aromatic nitrogens is 2. The van der Waals surface area contributed by atoms with Gasteiger partial charge in [0.25, 0.3) is 0 Å². The Morgan fingerprint density at radius 3 is 2.61 bits per heavy atom. The van der Waals surface area contributed by atoms with E-state index >= 15 is 0 Å². The molecule has 1 heterocycles. The van der Waals surface area contributed by atoms with Crippen molar-refractivity contribution >= 4 is 28.2 Å². The monoisotopic (exact) mass is 289 g/mol. The van der Waals surface area contributed by atoms with Crippen LogP contribution in [0, 0.1) is 6.92 Å². The molecule has 4 nitrogen and oxygen atoms in total. The molecule has 1 N–H and O–H groups in total. The Kier molecular flexibility index (Phi) is 6.02. The third-order valence-electron chi connectivity index (χ3n) is 2.52. The van der Waals surface area contributed by atoms with Crippen LogP contribution in [0.15, 0.2) is 0 Å². The smallest absolute Gasteiger partial charge is 0.137 e. The van der Waals surface area contributed by atoms with Crippen molar-refractivity contribution in [3.63, 3.8) is 0 Å². The first-order chi connectivity index (χ1) is 8.41. The Morgan fingerprint density at radius 1 is 1.39 bits per heavy atom. The molecular weight excluding hydrogens is 270 g/mol. The van der Waals surface area contributed by atoms with E-state index in [0.29, 0.717) is 10.9 Å². The van der Waals surface area contributed by atoms with Crippen LogP contribution in [0.2, 0.25) is 5.15 Å². The quantitative estimate of drug-likeness (QED) is 0.646. The topological polar surface area (TPSA) is 54.9 Å². The minimum absolute atomic E-state index is 0.242. The lowest BCUT2D eigenvalue weighted by atomic mass is 10.2. The highest BCUT2D eigenvalue weighted by Gasteiger charge is 2.11. The summed E-state index contributed by atoms with van der Waals surface area (Å²) >= 11 is 6.09. The lowest BCUT2D eigenvalue weighted by molar-refractivity contribution is 0.685. The van der Waals surface area contributed by atoms with Gasteiger partial charge in [-0.3, -0.25) is 4.21 Å². The van der Waals surface area contributed by atoms with Gasteiger partial charge in [0, 0.05) is 40.8 Å². The summed E-state index contributed by atoms with van der Waals surface area (Å²) in [5.74, 6) is 2.46. The average Bonchev–Trinajstić information content (AvgIpc) is 2.28. The van der Waals surface area contributed by atoms with Crippen LogP contribution in [0.25, 0.3) is 0 Å². The highest BCUT2D eigenvalue weighted by Crippen LogP contribution is 2.22. The van der Waals surface area contributed by atoms with Crippen molar-refractivity contribution in [1.29, 1.82) is 0 Å². The van der Waals surface area contributed by atoms with Crippen molar-refractivity contribution in [3.8, 4) is 0 Å². The van der Waals surface area contributed by atoms with Crippen molar-refractivity contribution in [1.82, 2.24) is 9.97 Å². The number of anilines is 1. The van der Waals surface area contributed by atoms with E-state index in [4.69, 9.17) is 11.6 Å². The van der Waals surface area contributed by atoms with Gasteiger partial charge >= 0.3 is 0 Å². The van der Waals surface area contributed by atoms with Gasteiger partial charge in [-0.05, 0) is 13.3 Å². The normalized spacial score (nSPS) is 12.8. The fourth-order valence-corrected chi connectivity index (χ4v) is 2.15. The highest BCUT2D eigenvalue weighted by molar-refractivity contribution is 7.84.